The van der Waals surface area contributed by atoms with E-state index in [1.54, 1.807) is 0 Å². The number of nitrogens with zero attached hydrogens (tertiary/aromatic N) is 4. The van der Waals surface area contributed by atoms with Crippen LogP contribution in [-0.4, -0.2) is 72.6 Å². The molecule has 0 aromatic rings. The van der Waals surface area contributed by atoms with Crippen molar-refractivity contribution in [2.24, 2.45) is 0 Å². The van der Waals surface area contributed by atoms with Crippen molar-refractivity contribution in [1.82, 2.24) is 14.7 Å². The summed E-state index contributed by atoms with van der Waals surface area (Å²) in [7, 11) is 4.42. The maximum Gasteiger partial charge on any atom is 0.112 e. The van der Waals surface area contributed by atoms with Crippen LogP contribution in [0.3, 0.4) is 0 Å². The van der Waals surface area contributed by atoms with Gasteiger partial charge in [-0.05, 0) is 39.8 Å². The third-order valence-corrected chi connectivity index (χ3v) is 5.45. The lowest BCUT2D eigenvalue weighted by Gasteiger charge is -2.49. The van der Waals surface area contributed by atoms with Gasteiger partial charge in [0.15, 0.2) is 0 Å². The summed E-state index contributed by atoms with van der Waals surface area (Å²) >= 11 is 0. The molecule has 0 aromatic carbocycles. The Labute approximate surface area is 110 Å². The monoisotopic (exact) mass is 248 g/mol. The first kappa shape index (κ1) is 12.4. The Kier molecular flexibility index (Phi) is 3.09. The van der Waals surface area contributed by atoms with Crippen LogP contribution in [0.1, 0.15) is 25.7 Å². The predicted molar refractivity (Wildman–Crippen MR) is 71.2 cm³/mol. The zero-order valence-electron chi connectivity index (χ0n) is 11.6. The number of hydrogen-bond acceptors (Lipinski definition) is 4. The van der Waals surface area contributed by atoms with E-state index in [2.05, 4.69) is 34.9 Å². The summed E-state index contributed by atoms with van der Waals surface area (Å²) in [6.45, 7) is 4.34. The third-order valence-electron chi connectivity index (χ3n) is 5.45. The first-order valence-electron chi connectivity index (χ1n) is 7.21. The Morgan fingerprint density at radius 1 is 1.00 bits per heavy atom. The molecule has 4 nitrogen and oxygen atoms in total. The van der Waals surface area contributed by atoms with Crippen molar-refractivity contribution >= 4 is 0 Å². The van der Waals surface area contributed by atoms with Crippen LogP contribution in [0.5, 0.6) is 0 Å². The lowest BCUT2D eigenvalue weighted by molar-refractivity contribution is 0.00684. The van der Waals surface area contributed by atoms with Gasteiger partial charge in [0.25, 0.3) is 0 Å². The van der Waals surface area contributed by atoms with Gasteiger partial charge in [-0.15, -0.1) is 0 Å². The van der Waals surface area contributed by atoms with Gasteiger partial charge in [0.1, 0.15) is 5.54 Å². The standard InChI is InChI=1S/C14H24N4/c1-16-5-7-18(8-6-16)14(11-15)9-12-3-4-13(10-14)17(12)2/h12-13H,3-10H2,1-2H3. The third kappa shape index (κ3) is 1.85. The Hall–Kier alpha value is -0.630. The molecule has 2 bridgehead atoms. The Bertz CT molecular complexity index is 339. The van der Waals surface area contributed by atoms with E-state index in [4.69, 9.17) is 0 Å². The van der Waals surface area contributed by atoms with Gasteiger partial charge >= 0.3 is 0 Å². The number of piperazine rings is 1. The SMILES string of the molecule is CN1CCN(C2(C#N)CC3CCC(C2)N3C)CC1. The summed E-state index contributed by atoms with van der Waals surface area (Å²) in [5.41, 5.74) is -0.167. The van der Waals surface area contributed by atoms with E-state index >= 15 is 0 Å². The van der Waals surface area contributed by atoms with Crippen LogP contribution in [0.15, 0.2) is 0 Å². The molecule has 0 spiro atoms. The molecule has 2 unspecified atom stereocenters. The second kappa shape index (κ2) is 4.48. The zero-order valence-corrected chi connectivity index (χ0v) is 11.6. The van der Waals surface area contributed by atoms with Crippen LogP contribution in [0.4, 0.5) is 0 Å². The first-order chi connectivity index (χ1) is 8.64. The minimum absolute atomic E-state index is 0.167. The molecular formula is C14H24N4. The molecule has 0 N–H and O–H groups in total. The lowest BCUT2D eigenvalue weighted by Crippen LogP contribution is -2.61. The smallest absolute Gasteiger partial charge is 0.112 e. The summed E-state index contributed by atoms with van der Waals surface area (Å²) in [4.78, 5) is 7.36. The fourth-order valence-corrected chi connectivity index (χ4v) is 4.10. The van der Waals surface area contributed by atoms with E-state index in [1.165, 1.54) is 12.8 Å². The highest BCUT2D eigenvalue weighted by Gasteiger charge is 2.50. The van der Waals surface area contributed by atoms with E-state index < -0.39 is 0 Å². The Balaban J connectivity index is 1.78. The molecule has 3 saturated heterocycles. The van der Waals surface area contributed by atoms with Gasteiger partial charge in [0.2, 0.25) is 0 Å². The number of piperidine rings is 1. The van der Waals surface area contributed by atoms with E-state index in [0.717, 1.165) is 39.0 Å². The van der Waals surface area contributed by atoms with E-state index in [0.29, 0.717) is 12.1 Å². The highest BCUT2D eigenvalue weighted by Crippen LogP contribution is 2.42. The van der Waals surface area contributed by atoms with Crippen molar-refractivity contribution in [1.29, 1.82) is 5.26 Å². The van der Waals surface area contributed by atoms with Crippen LogP contribution in [0.25, 0.3) is 0 Å². The highest BCUT2D eigenvalue weighted by molar-refractivity contribution is 5.17. The second-order valence-corrected chi connectivity index (χ2v) is 6.39. The van der Waals surface area contributed by atoms with Gasteiger partial charge in [0, 0.05) is 38.3 Å². The Morgan fingerprint density at radius 2 is 1.56 bits per heavy atom. The topological polar surface area (TPSA) is 33.5 Å². The molecule has 0 radical (unpaired) electrons. The molecule has 3 aliphatic rings. The highest BCUT2D eigenvalue weighted by atomic mass is 15.3. The fraction of sp³-hybridized carbons (Fsp3) is 0.929. The summed E-state index contributed by atoms with van der Waals surface area (Å²) in [5.74, 6) is 0. The van der Waals surface area contributed by atoms with Crippen molar-refractivity contribution in [3.05, 3.63) is 0 Å². The minimum atomic E-state index is -0.167. The number of rotatable bonds is 1. The summed E-state index contributed by atoms with van der Waals surface area (Å²) in [5, 5.41) is 9.79. The van der Waals surface area contributed by atoms with Crippen molar-refractivity contribution in [3.8, 4) is 6.07 Å². The average Bonchev–Trinajstić information content (AvgIpc) is 2.63. The molecule has 0 aromatic heterocycles. The Morgan fingerprint density at radius 3 is 2.06 bits per heavy atom. The van der Waals surface area contributed by atoms with Crippen molar-refractivity contribution < 1.29 is 0 Å². The molecule has 3 heterocycles. The second-order valence-electron chi connectivity index (χ2n) is 6.39. The first-order valence-corrected chi connectivity index (χ1v) is 7.21. The van der Waals surface area contributed by atoms with Gasteiger partial charge in [-0.3, -0.25) is 4.90 Å². The van der Waals surface area contributed by atoms with Gasteiger partial charge in [0.05, 0.1) is 6.07 Å². The van der Waals surface area contributed by atoms with Crippen LogP contribution in [0.2, 0.25) is 0 Å². The zero-order chi connectivity index (χ0) is 12.8. The number of hydrogen-bond donors (Lipinski definition) is 0. The van der Waals surface area contributed by atoms with Crippen molar-refractivity contribution in [2.75, 3.05) is 40.3 Å². The summed E-state index contributed by atoms with van der Waals surface area (Å²) in [6.07, 6.45) is 4.69. The van der Waals surface area contributed by atoms with Gasteiger partial charge in [-0.25, -0.2) is 0 Å². The maximum absolute atomic E-state index is 9.79. The van der Waals surface area contributed by atoms with Crippen molar-refractivity contribution in [2.45, 2.75) is 43.3 Å². The van der Waals surface area contributed by atoms with Gasteiger partial charge < -0.3 is 9.80 Å². The number of likely N-dealkylation sites (N-methyl/N-ethyl adjacent to an activating group) is 1. The molecule has 100 valence electrons. The minimum Gasteiger partial charge on any atom is -0.304 e. The molecule has 4 heteroatoms. The van der Waals surface area contributed by atoms with Gasteiger partial charge in [-0.2, -0.15) is 5.26 Å². The summed E-state index contributed by atoms with van der Waals surface area (Å²) in [6, 6.07) is 3.99. The van der Waals surface area contributed by atoms with Crippen LogP contribution < -0.4 is 0 Å². The quantitative estimate of drug-likeness (QED) is 0.686. The number of fused-ring (bicyclic) bond motifs is 2. The summed E-state index contributed by atoms with van der Waals surface area (Å²) < 4.78 is 0. The normalized spacial score (nSPS) is 42.9. The lowest BCUT2D eigenvalue weighted by atomic mass is 9.82. The molecular weight excluding hydrogens is 224 g/mol. The molecule has 2 atom stereocenters. The molecule has 3 rings (SSSR count). The fourth-order valence-electron chi connectivity index (χ4n) is 4.10. The molecule has 0 amide bonds. The van der Waals surface area contributed by atoms with Crippen LogP contribution in [0, 0.1) is 11.3 Å². The molecule has 3 fully saturated rings. The van der Waals surface area contributed by atoms with Crippen LogP contribution >= 0.6 is 0 Å². The van der Waals surface area contributed by atoms with Gasteiger partial charge in [-0.1, -0.05) is 0 Å². The van der Waals surface area contributed by atoms with E-state index in [-0.39, 0.29) is 5.54 Å². The number of nitriles is 1. The van der Waals surface area contributed by atoms with Crippen molar-refractivity contribution in [3.63, 3.8) is 0 Å². The predicted octanol–water partition coefficient (Wildman–Crippen LogP) is 0.753. The molecule has 18 heavy (non-hydrogen) atoms. The molecule has 0 saturated carbocycles. The van der Waals surface area contributed by atoms with Crippen LogP contribution in [-0.2, 0) is 0 Å². The van der Waals surface area contributed by atoms with E-state index in [1.807, 2.05) is 0 Å². The average molecular weight is 248 g/mol. The molecule has 0 aliphatic carbocycles. The van der Waals surface area contributed by atoms with E-state index in [9.17, 15) is 5.26 Å². The molecule has 3 aliphatic heterocycles. The maximum atomic E-state index is 9.79. The largest absolute Gasteiger partial charge is 0.304 e.